The third-order valence-electron chi connectivity index (χ3n) is 2.71. The number of amides is 3. The van der Waals surface area contributed by atoms with E-state index < -0.39 is 33.5 Å². The Hall–Kier alpha value is -1.84. The van der Waals surface area contributed by atoms with Gasteiger partial charge in [-0.3, -0.25) is 4.79 Å². The molecule has 1 aliphatic rings. The predicted molar refractivity (Wildman–Crippen MR) is 68.9 cm³/mol. The molecule has 0 aromatic heterocycles. The molecule has 20 heavy (non-hydrogen) atoms. The Bertz CT molecular complexity index is 503. The Balaban J connectivity index is 2.56. The highest BCUT2D eigenvalue weighted by molar-refractivity contribution is 7.91. The largest absolute Gasteiger partial charge is 0.480 e. The molecule has 1 saturated heterocycles. The zero-order valence-corrected chi connectivity index (χ0v) is 11.8. The average Bonchev–Trinajstić information content (AvgIpc) is 2.70. The van der Waals surface area contributed by atoms with E-state index >= 15 is 0 Å². The van der Waals surface area contributed by atoms with Crippen molar-refractivity contribution in [3.8, 4) is 0 Å². The summed E-state index contributed by atoms with van der Waals surface area (Å²) < 4.78 is 23.6. The van der Waals surface area contributed by atoms with Crippen LogP contribution in [0, 0.1) is 0 Å². The van der Waals surface area contributed by atoms with Gasteiger partial charge in [-0.05, 0) is 0 Å². The van der Waals surface area contributed by atoms with Crippen molar-refractivity contribution in [2.75, 3.05) is 31.1 Å². The molecule has 9 nitrogen and oxygen atoms in total. The number of aliphatic carboxylic acids is 1. The summed E-state index contributed by atoms with van der Waals surface area (Å²) in [4.78, 5) is 34.3. The Morgan fingerprint density at radius 2 is 2.15 bits per heavy atom. The number of carbonyl (C=O) groups excluding carboxylic acids is 2. The molecule has 3 amide bonds. The second kappa shape index (κ2) is 6.55. The lowest BCUT2D eigenvalue weighted by Crippen LogP contribution is -2.45. The van der Waals surface area contributed by atoms with Crippen LogP contribution in [0.25, 0.3) is 0 Å². The van der Waals surface area contributed by atoms with Gasteiger partial charge in [0.25, 0.3) is 0 Å². The van der Waals surface area contributed by atoms with E-state index in [1.807, 2.05) is 0 Å². The summed E-state index contributed by atoms with van der Waals surface area (Å²) >= 11 is 0. The lowest BCUT2D eigenvalue weighted by atomic mass is 10.3. The Kier molecular flexibility index (Phi) is 5.31. The van der Waals surface area contributed by atoms with E-state index in [-0.39, 0.29) is 18.3 Å². The molecule has 1 fully saturated rings. The number of sulfone groups is 1. The van der Waals surface area contributed by atoms with Gasteiger partial charge in [0, 0.05) is 26.6 Å². The number of nitrogens with zero attached hydrogens (tertiary/aromatic N) is 1. The molecule has 0 aromatic rings. The van der Waals surface area contributed by atoms with Gasteiger partial charge >= 0.3 is 12.0 Å². The monoisotopic (exact) mass is 307 g/mol. The second-order valence-corrected chi connectivity index (χ2v) is 6.65. The molecule has 0 aromatic carbocycles. The van der Waals surface area contributed by atoms with Gasteiger partial charge in [0.05, 0.1) is 11.5 Å². The smallest absolute Gasteiger partial charge is 0.327 e. The molecular formula is C10H17N3O6S. The van der Waals surface area contributed by atoms with Crippen LogP contribution >= 0.6 is 0 Å². The minimum absolute atomic E-state index is 0.000573. The highest BCUT2D eigenvalue weighted by Gasteiger charge is 2.27. The maximum atomic E-state index is 11.8. The number of carboxylic acids is 1. The Morgan fingerprint density at radius 1 is 1.50 bits per heavy atom. The molecule has 1 unspecified atom stereocenters. The van der Waals surface area contributed by atoms with Crippen molar-refractivity contribution in [3.05, 3.63) is 0 Å². The predicted octanol–water partition coefficient (Wildman–Crippen LogP) is -1.98. The van der Waals surface area contributed by atoms with Crippen LogP contribution in [0.3, 0.4) is 0 Å². The highest BCUT2D eigenvalue weighted by atomic mass is 32.2. The third kappa shape index (κ3) is 5.03. The first-order valence-corrected chi connectivity index (χ1v) is 7.76. The maximum Gasteiger partial charge on any atom is 0.327 e. The number of hydrogen-bond acceptors (Lipinski definition) is 5. The summed E-state index contributed by atoms with van der Waals surface area (Å²) in [5.41, 5.74) is 0. The van der Waals surface area contributed by atoms with Gasteiger partial charge < -0.3 is 20.6 Å². The van der Waals surface area contributed by atoms with E-state index in [0.29, 0.717) is 13.1 Å². The number of urea groups is 1. The molecule has 1 rings (SSSR count). The molecule has 1 heterocycles. The lowest BCUT2D eigenvalue weighted by Gasteiger charge is -2.16. The van der Waals surface area contributed by atoms with E-state index in [1.165, 1.54) is 4.90 Å². The van der Waals surface area contributed by atoms with Crippen molar-refractivity contribution in [1.29, 1.82) is 0 Å². The fourth-order valence-electron chi connectivity index (χ4n) is 1.73. The Morgan fingerprint density at radius 3 is 2.60 bits per heavy atom. The molecule has 114 valence electrons. The van der Waals surface area contributed by atoms with Gasteiger partial charge in [0.2, 0.25) is 5.91 Å². The molecule has 3 N–H and O–H groups in total. The normalized spacial score (nSPS) is 16.6. The SMILES string of the molecule is CC(=O)NC(CS(=O)(=O)CCN1CCNC1=O)C(=O)O. The number of hydrogen-bond donors (Lipinski definition) is 3. The average molecular weight is 307 g/mol. The van der Waals surface area contributed by atoms with Gasteiger partial charge in [0.15, 0.2) is 9.84 Å². The standard InChI is InChI=1S/C10H17N3O6S/c1-7(14)12-8(9(15)16)6-20(18,19)5-4-13-3-2-11-10(13)17/h8H,2-6H2,1H3,(H,11,17)(H,12,14)(H,15,16). The van der Waals surface area contributed by atoms with E-state index in [2.05, 4.69) is 10.6 Å². The molecule has 0 radical (unpaired) electrons. The zero-order chi connectivity index (χ0) is 15.3. The number of carbonyl (C=O) groups is 3. The van der Waals surface area contributed by atoms with Crippen LogP contribution in [0.2, 0.25) is 0 Å². The van der Waals surface area contributed by atoms with Gasteiger partial charge in [0.1, 0.15) is 6.04 Å². The summed E-state index contributed by atoms with van der Waals surface area (Å²) in [5, 5.41) is 13.4. The minimum atomic E-state index is -3.70. The number of carboxylic acid groups (broad SMARTS) is 1. The van der Waals surface area contributed by atoms with E-state index in [9.17, 15) is 22.8 Å². The van der Waals surface area contributed by atoms with Crippen molar-refractivity contribution in [1.82, 2.24) is 15.5 Å². The molecule has 10 heteroatoms. The van der Waals surface area contributed by atoms with Gasteiger partial charge in [-0.15, -0.1) is 0 Å². The summed E-state index contributed by atoms with van der Waals surface area (Å²) in [6.07, 6.45) is 0. The van der Waals surface area contributed by atoms with Crippen LogP contribution < -0.4 is 10.6 Å². The van der Waals surface area contributed by atoms with Crippen LogP contribution in [0.1, 0.15) is 6.92 Å². The summed E-state index contributed by atoms with van der Waals surface area (Å²) in [7, 11) is -3.70. The lowest BCUT2D eigenvalue weighted by molar-refractivity contribution is -0.140. The van der Waals surface area contributed by atoms with E-state index in [0.717, 1.165) is 6.92 Å². The molecule has 0 saturated carbocycles. The zero-order valence-electron chi connectivity index (χ0n) is 11.0. The fourth-order valence-corrected chi connectivity index (χ4v) is 3.13. The minimum Gasteiger partial charge on any atom is -0.480 e. The first-order valence-electron chi connectivity index (χ1n) is 5.94. The summed E-state index contributed by atoms with van der Waals surface area (Å²) in [6, 6.07) is -1.82. The quantitative estimate of drug-likeness (QED) is 0.499. The maximum absolute atomic E-state index is 11.8. The second-order valence-electron chi connectivity index (χ2n) is 4.42. The van der Waals surface area contributed by atoms with Crippen molar-refractivity contribution in [3.63, 3.8) is 0 Å². The number of nitrogens with one attached hydrogen (secondary N) is 2. The molecule has 0 bridgehead atoms. The molecule has 1 atom stereocenters. The van der Waals surface area contributed by atoms with Crippen molar-refractivity contribution in [2.24, 2.45) is 0 Å². The van der Waals surface area contributed by atoms with Crippen molar-refractivity contribution < 1.29 is 27.9 Å². The van der Waals surface area contributed by atoms with E-state index in [4.69, 9.17) is 5.11 Å². The van der Waals surface area contributed by atoms with Crippen LogP contribution in [-0.2, 0) is 19.4 Å². The van der Waals surface area contributed by atoms with Crippen molar-refractivity contribution in [2.45, 2.75) is 13.0 Å². The van der Waals surface area contributed by atoms with Crippen LogP contribution in [0.15, 0.2) is 0 Å². The van der Waals surface area contributed by atoms with Crippen molar-refractivity contribution >= 4 is 27.7 Å². The highest BCUT2D eigenvalue weighted by Crippen LogP contribution is 2.01. The Labute approximate surface area is 116 Å². The summed E-state index contributed by atoms with van der Waals surface area (Å²) in [5.74, 6) is -3.07. The third-order valence-corrected chi connectivity index (χ3v) is 4.36. The number of rotatable bonds is 7. The van der Waals surface area contributed by atoms with Gasteiger partial charge in [-0.1, -0.05) is 0 Å². The molecular weight excluding hydrogens is 290 g/mol. The topological polar surface area (TPSA) is 133 Å². The molecule has 1 aliphatic heterocycles. The first kappa shape index (κ1) is 16.2. The van der Waals surface area contributed by atoms with Gasteiger partial charge in [-0.25, -0.2) is 18.0 Å². The van der Waals surface area contributed by atoms with Crippen LogP contribution in [-0.4, -0.2) is 73.5 Å². The molecule has 0 aliphatic carbocycles. The van der Waals surface area contributed by atoms with Crippen LogP contribution in [0.4, 0.5) is 4.79 Å². The fraction of sp³-hybridized carbons (Fsp3) is 0.700. The first-order chi connectivity index (χ1) is 9.21. The van der Waals surface area contributed by atoms with Gasteiger partial charge in [-0.2, -0.15) is 0 Å². The van der Waals surface area contributed by atoms with E-state index in [1.54, 1.807) is 0 Å². The molecule has 0 spiro atoms. The summed E-state index contributed by atoms with van der Waals surface area (Å²) in [6.45, 7) is 1.99. The van der Waals surface area contributed by atoms with Crippen LogP contribution in [0.5, 0.6) is 0 Å².